The van der Waals surface area contributed by atoms with Crippen LogP contribution in [0.25, 0.3) is 0 Å². The van der Waals surface area contributed by atoms with Crippen molar-refractivity contribution in [3.8, 4) is 5.75 Å². The first-order valence-electron chi connectivity index (χ1n) is 6.81. The summed E-state index contributed by atoms with van der Waals surface area (Å²) in [4.78, 5) is 0. The standard InChI is InChI=1S/C15H20F3NO/c1-20-13-6-2-4-11(8-13)9-14(19)7-3-5-12(10-14)15(16,17)18/h2,4,6,8,12H,3,5,7,9-10,19H2,1H3. The zero-order valence-electron chi connectivity index (χ0n) is 11.5. The van der Waals surface area contributed by atoms with Gasteiger partial charge in [0.1, 0.15) is 5.75 Å². The molecule has 1 aliphatic rings. The van der Waals surface area contributed by atoms with Crippen LogP contribution in [0.5, 0.6) is 5.75 Å². The van der Waals surface area contributed by atoms with E-state index in [4.69, 9.17) is 10.5 Å². The lowest BCUT2D eigenvalue weighted by Gasteiger charge is -2.39. The number of nitrogens with two attached hydrogens (primary N) is 1. The van der Waals surface area contributed by atoms with Gasteiger partial charge in [0.25, 0.3) is 0 Å². The van der Waals surface area contributed by atoms with Crippen molar-refractivity contribution < 1.29 is 17.9 Å². The summed E-state index contributed by atoms with van der Waals surface area (Å²) in [6.45, 7) is 0. The summed E-state index contributed by atoms with van der Waals surface area (Å²) in [7, 11) is 1.57. The smallest absolute Gasteiger partial charge is 0.391 e. The fourth-order valence-electron chi connectivity index (χ4n) is 3.02. The minimum absolute atomic E-state index is 0.00765. The van der Waals surface area contributed by atoms with Crippen LogP contribution in [0.4, 0.5) is 13.2 Å². The largest absolute Gasteiger partial charge is 0.497 e. The molecule has 0 aromatic heterocycles. The zero-order valence-corrected chi connectivity index (χ0v) is 11.5. The van der Waals surface area contributed by atoms with E-state index in [1.165, 1.54) is 0 Å². The summed E-state index contributed by atoms with van der Waals surface area (Å²) in [5.41, 5.74) is 6.38. The molecule has 0 heterocycles. The number of hydrogen-bond acceptors (Lipinski definition) is 2. The lowest BCUT2D eigenvalue weighted by atomic mass is 9.73. The molecule has 0 saturated heterocycles. The third-order valence-electron chi connectivity index (χ3n) is 4.03. The summed E-state index contributed by atoms with van der Waals surface area (Å²) in [6, 6.07) is 7.37. The fraction of sp³-hybridized carbons (Fsp3) is 0.600. The van der Waals surface area contributed by atoms with Gasteiger partial charge in [-0.1, -0.05) is 18.6 Å². The maximum atomic E-state index is 12.9. The van der Waals surface area contributed by atoms with Gasteiger partial charge in [0.2, 0.25) is 0 Å². The molecule has 1 aromatic rings. The molecule has 1 aromatic carbocycles. The number of alkyl halides is 3. The van der Waals surface area contributed by atoms with Crippen molar-refractivity contribution in [2.75, 3.05) is 7.11 Å². The van der Waals surface area contributed by atoms with E-state index in [9.17, 15) is 13.2 Å². The number of ether oxygens (including phenoxy) is 1. The second-order valence-electron chi connectivity index (χ2n) is 5.73. The highest BCUT2D eigenvalue weighted by Gasteiger charge is 2.46. The Morgan fingerprint density at radius 1 is 1.40 bits per heavy atom. The van der Waals surface area contributed by atoms with Crippen LogP contribution in [0.2, 0.25) is 0 Å². The van der Waals surface area contributed by atoms with E-state index in [-0.39, 0.29) is 12.8 Å². The maximum Gasteiger partial charge on any atom is 0.391 e. The number of hydrogen-bond donors (Lipinski definition) is 1. The quantitative estimate of drug-likeness (QED) is 0.920. The van der Waals surface area contributed by atoms with Gasteiger partial charge in [-0.05, 0) is 43.4 Å². The van der Waals surface area contributed by atoms with Crippen LogP contribution in [-0.4, -0.2) is 18.8 Å². The van der Waals surface area contributed by atoms with E-state index in [2.05, 4.69) is 0 Å². The van der Waals surface area contributed by atoms with E-state index in [1.807, 2.05) is 24.3 Å². The number of benzene rings is 1. The fourth-order valence-corrected chi connectivity index (χ4v) is 3.02. The van der Waals surface area contributed by atoms with Crippen molar-refractivity contribution in [3.05, 3.63) is 29.8 Å². The molecule has 1 fully saturated rings. The van der Waals surface area contributed by atoms with Gasteiger partial charge in [0.15, 0.2) is 0 Å². The Morgan fingerprint density at radius 2 is 2.15 bits per heavy atom. The minimum Gasteiger partial charge on any atom is -0.497 e. The summed E-state index contributed by atoms with van der Waals surface area (Å²) in [5, 5.41) is 0. The molecule has 2 rings (SSSR count). The topological polar surface area (TPSA) is 35.2 Å². The Balaban J connectivity index is 2.10. The lowest BCUT2D eigenvalue weighted by molar-refractivity contribution is -0.187. The van der Waals surface area contributed by atoms with Crippen LogP contribution in [0.15, 0.2) is 24.3 Å². The molecule has 5 heteroatoms. The predicted molar refractivity (Wildman–Crippen MR) is 71.6 cm³/mol. The first-order valence-corrected chi connectivity index (χ1v) is 6.81. The zero-order chi connectivity index (χ0) is 14.8. The van der Waals surface area contributed by atoms with Crippen molar-refractivity contribution in [1.29, 1.82) is 0 Å². The Kier molecular flexibility index (Phi) is 4.28. The SMILES string of the molecule is COc1cccc(CC2(N)CCCC(C(F)(F)F)C2)c1. The Morgan fingerprint density at radius 3 is 2.80 bits per heavy atom. The van der Waals surface area contributed by atoms with Gasteiger partial charge in [-0.2, -0.15) is 13.2 Å². The summed E-state index contributed by atoms with van der Waals surface area (Å²) >= 11 is 0. The van der Waals surface area contributed by atoms with Gasteiger partial charge in [-0.3, -0.25) is 0 Å². The molecule has 2 nitrogen and oxygen atoms in total. The average Bonchev–Trinajstić information content (AvgIpc) is 2.37. The van der Waals surface area contributed by atoms with E-state index in [0.717, 1.165) is 5.56 Å². The highest BCUT2D eigenvalue weighted by Crippen LogP contribution is 2.42. The average molecular weight is 287 g/mol. The van der Waals surface area contributed by atoms with Crippen molar-refractivity contribution in [2.45, 2.75) is 43.8 Å². The molecular weight excluding hydrogens is 267 g/mol. The van der Waals surface area contributed by atoms with Crippen LogP contribution in [0.3, 0.4) is 0 Å². The van der Waals surface area contributed by atoms with Gasteiger partial charge < -0.3 is 10.5 Å². The monoisotopic (exact) mass is 287 g/mol. The molecule has 1 aliphatic carbocycles. The first kappa shape index (κ1) is 15.2. The number of methoxy groups -OCH3 is 1. The van der Waals surface area contributed by atoms with E-state index >= 15 is 0 Å². The van der Waals surface area contributed by atoms with E-state index in [0.29, 0.717) is 25.0 Å². The molecule has 20 heavy (non-hydrogen) atoms. The molecule has 2 unspecified atom stereocenters. The molecule has 2 N–H and O–H groups in total. The van der Waals surface area contributed by atoms with Crippen LogP contribution >= 0.6 is 0 Å². The molecule has 112 valence electrons. The third-order valence-corrected chi connectivity index (χ3v) is 4.03. The van der Waals surface area contributed by atoms with Crippen molar-refractivity contribution in [2.24, 2.45) is 11.7 Å². The Labute approximate surface area is 117 Å². The van der Waals surface area contributed by atoms with Gasteiger partial charge in [-0.15, -0.1) is 0 Å². The predicted octanol–water partition coefficient (Wildman–Crippen LogP) is 3.69. The normalized spacial score (nSPS) is 27.4. The van der Waals surface area contributed by atoms with Crippen molar-refractivity contribution in [1.82, 2.24) is 0 Å². The molecule has 2 atom stereocenters. The maximum absolute atomic E-state index is 12.9. The molecule has 0 bridgehead atoms. The second kappa shape index (κ2) is 5.64. The Hall–Kier alpha value is -1.23. The molecule has 0 amide bonds. The Bertz CT molecular complexity index is 461. The lowest BCUT2D eigenvalue weighted by Crippen LogP contribution is -2.48. The number of halogens is 3. The van der Waals surface area contributed by atoms with E-state index in [1.54, 1.807) is 7.11 Å². The first-order chi connectivity index (χ1) is 9.32. The van der Waals surface area contributed by atoms with E-state index < -0.39 is 17.6 Å². The second-order valence-corrected chi connectivity index (χ2v) is 5.73. The molecule has 0 radical (unpaired) electrons. The molecular formula is C15H20F3NO. The highest BCUT2D eigenvalue weighted by atomic mass is 19.4. The number of rotatable bonds is 3. The summed E-state index contributed by atoms with van der Waals surface area (Å²) < 4.78 is 43.7. The molecule has 1 saturated carbocycles. The summed E-state index contributed by atoms with van der Waals surface area (Å²) in [5.74, 6) is -0.568. The summed E-state index contributed by atoms with van der Waals surface area (Å²) in [6.07, 6.45) is -2.31. The van der Waals surface area contributed by atoms with Gasteiger partial charge in [0.05, 0.1) is 13.0 Å². The van der Waals surface area contributed by atoms with Crippen LogP contribution < -0.4 is 10.5 Å². The van der Waals surface area contributed by atoms with Gasteiger partial charge in [0, 0.05) is 5.54 Å². The van der Waals surface area contributed by atoms with Gasteiger partial charge in [-0.25, -0.2) is 0 Å². The van der Waals surface area contributed by atoms with Gasteiger partial charge >= 0.3 is 6.18 Å². The van der Waals surface area contributed by atoms with Crippen molar-refractivity contribution >= 4 is 0 Å². The molecule has 0 spiro atoms. The molecule has 0 aliphatic heterocycles. The minimum atomic E-state index is -4.14. The third kappa shape index (κ3) is 3.66. The van der Waals surface area contributed by atoms with Crippen LogP contribution in [0.1, 0.15) is 31.2 Å². The van der Waals surface area contributed by atoms with Crippen molar-refractivity contribution in [3.63, 3.8) is 0 Å². The highest BCUT2D eigenvalue weighted by molar-refractivity contribution is 5.29. The van der Waals surface area contributed by atoms with Crippen LogP contribution in [-0.2, 0) is 6.42 Å². The van der Waals surface area contributed by atoms with Crippen LogP contribution in [0, 0.1) is 5.92 Å².